The van der Waals surface area contributed by atoms with Crippen molar-refractivity contribution in [2.75, 3.05) is 31.9 Å². The Labute approximate surface area is 375 Å². The first-order chi connectivity index (χ1) is 30.2. The highest BCUT2D eigenvalue weighted by molar-refractivity contribution is 8.00. The third-order valence-corrected chi connectivity index (χ3v) is 10.6. The highest BCUT2D eigenvalue weighted by Crippen LogP contribution is 2.41. The minimum atomic E-state index is -5.08. The Hall–Kier alpha value is -6.07. The van der Waals surface area contributed by atoms with Gasteiger partial charge in [-0.3, -0.25) is 28.8 Å². The van der Waals surface area contributed by atoms with Crippen molar-refractivity contribution in [2.45, 2.75) is 83.1 Å². The van der Waals surface area contributed by atoms with E-state index in [0.29, 0.717) is 17.8 Å². The van der Waals surface area contributed by atoms with Crippen molar-refractivity contribution < 1.29 is 70.8 Å². The summed E-state index contributed by atoms with van der Waals surface area (Å²) in [7, 11) is 0. The minimum absolute atomic E-state index is 0.000355. The lowest BCUT2D eigenvalue weighted by atomic mass is 9.82. The molecule has 2 aromatic carbocycles. The van der Waals surface area contributed by atoms with Gasteiger partial charge >= 0.3 is 24.1 Å². The first kappa shape index (κ1) is 55.1. The third kappa shape index (κ3) is 18.9. The monoisotopic (exact) mass is 943 g/mol. The van der Waals surface area contributed by atoms with E-state index in [1.54, 1.807) is 17.2 Å². The van der Waals surface area contributed by atoms with E-state index in [4.69, 9.17) is 31.6 Å². The summed E-state index contributed by atoms with van der Waals surface area (Å²) in [6.07, 6.45) is -3.94. The Morgan fingerprint density at radius 3 is 1.98 bits per heavy atom. The van der Waals surface area contributed by atoms with Crippen LogP contribution in [0.15, 0.2) is 60.8 Å². The van der Waals surface area contributed by atoms with E-state index in [1.807, 2.05) is 55.7 Å². The second-order valence-corrected chi connectivity index (χ2v) is 16.9. The van der Waals surface area contributed by atoms with Crippen LogP contribution in [0.3, 0.4) is 0 Å². The van der Waals surface area contributed by atoms with Gasteiger partial charge in [-0.2, -0.15) is 13.2 Å². The summed E-state index contributed by atoms with van der Waals surface area (Å²) in [6.45, 7) is 7.65. The number of nitrogens with one attached hydrogen (secondary N) is 3. The van der Waals surface area contributed by atoms with Crippen molar-refractivity contribution in [3.05, 3.63) is 83.7 Å². The summed E-state index contributed by atoms with van der Waals surface area (Å²) >= 11 is 0.805. The number of carbonyl (C=O) groups is 7. The second kappa shape index (κ2) is 25.4. The summed E-state index contributed by atoms with van der Waals surface area (Å²) in [5.74, 6) is -8.58. The van der Waals surface area contributed by atoms with Gasteiger partial charge in [-0.15, -0.1) is 11.8 Å². The Morgan fingerprint density at radius 2 is 1.43 bits per heavy atom. The topological polar surface area (TPSA) is 276 Å². The highest BCUT2D eigenvalue weighted by Gasteiger charge is 2.38. The molecule has 17 nitrogen and oxygen atoms in total. The number of amides is 4. The molecule has 1 heterocycles. The van der Waals surface area contributed by atoms with Gasteiger partial charge in [-0.1, -0.05) is 51.1 Å². The number of aromatic nitrogens is 1. The average molecular weight is 944 g/mol. The lowest BCUT2D eigenvalue weighted by Gasteiger charge is -2.41. The van der Waals surface area contributed by atoms with Gasteiger partial charge in [0.25, 0.3) is 0 Å². The number of hydrogen-bond donors (Lipinski definition) is 8. The van der Waals surface area contributed by atoms with Crippen LogP contribution >= 0.6 is 11.8 Å². The second-order valence-electron chi connectivity index (χ2n) is 15.6. The summed E-state index contributed by atoms with van der Waals surface area (Å²) < 4.78 is 63.0. The zero-order valence-electron chi connectivity index (χ0n) is 36.0. The number of nitrogens with two attached hydrogens (primary N) is 2. The largest absolute Gasteiger partial charge is 0.490 e. The smallest absolute Gasteiger partial charge is 0.481 e. The van der Waals surface area contributed by atoms with Crippen LogP contribution in [0.5, 0.6) is 0 Å². The van der Waals surface area contributed by atoms with Crippen LogP contribution in [0, 0.1) is 17.0 Å². The van der Waals surface area contributed by atoms with Crippen molar-refractivity contribution in [1.82, 2.24) is 25.4 Å². The maximum Gasteiger partial charge on any atom is 0.490 e. The van der Waals surface area contributed by atoms with Crippen LogP contribution in [0.1, 0.15) is 64.3 Å². The molecule has 3 aromatic rings. The lowest BCUT2D eigenvalue weighted by molar-refractivity contribution is -0.192. The number of halogens is 5. The maximum absolute atomic E-state index is 15.0. The van der Waals surface area contributed by atoms with Crippen LogP contribution in [-0.2, 0) is 40.1 Å². The van der Waals surface area contributed by atoms with Gasteiger partial charge in [0.05, 0.1) is 23.8 Å². The molecule has 0 fully saturated rings. The van der Waals surface area contributed by atoms with Crippen molar-refractivity contribution in [1.29, 1.82) is 0 Å². The number of aliphatic carboxylic acids is 3. The molecule has 358 valence electrons. The zero-order chi connectivity index (χ0) is 49.2. The van der Waals surface area contributed by atoms with E-state index in [1.165, 1.54) is 6.92 Å². The quantitative estimate of drug-likeness (QED) is 0.0530. The van der Waals surface area contributed by atoms with Crippen molar-refractivity contribution in [3.8, 4) is 11.1 Å². The molecule has 23 heteroatoms. The number of alkyl halides is 3. The molecule has 0 radical (unpaired) electrons. The minimum Gasteiger partial charge on any atom is -0.481 e. The van der Waals surface area contributed by atoms with Gasteiger partial charge in [-0.25, -0.2) is 13.6 Å². The number of benzene rings is 2. The standard InChI is InChI=1S/C40H53F2N7O8S.C2HF3O2/c1-24(50)49(36(40(2,3)4)32-18-26(28-19-27(41)10-11-29(28)42)22-48(32)21-25-8-6-5-7-9-25)17-13-30(43)37(54)46-14-12-34(51)45-15-16-47-38(55)33(20-35(52)53)58-23-31(44)39(56)57;3-2(4,5)1(6)7/h5-11,18-19,22,30-31,33,36H,12-17,20-21,23,43-44H2,1-4H3,(H,45,51)(H,46,54)(H,47,55)(H,52,53)(H,56,57);(H,6,7)/t30-,31-,33?,36-;/m0./s1. The average Bonchev–Trinajstić information content (AvgIpc) is 3.61. The molecule has 0 spiro atoms. The number of thioether (sulfide) groups is 1. The van der Waals surface area contributed by atoms with Gasteiger partial charge in [0.1, 0.15) is 17.7 Å². The van der Waals surface area contributed by atoms with E-state index >= 15 is 4.39 Å². The van der Waals surface area contributed by atoms with E-state index in [2.05, 4.69) is 16.0 Å². The summed E-state index contributed by atoms with van der Waals surface area (Å²) in [5.41, 5.74) is 13.3. The number of nitrogens with zero attached hydrogens (tertiary/aromatic N) is 2. The van der Waals surface area contributed by atoms with Crippen molar-refractivity contribution >= 4 is 53.3 Å². The number of rotatable bonds is 22. The molecule has 0 aliphatic carbocycles. The summed E-state index contributed by atoms with van der Waals surface area (Å²) in [5, 5.41) is 31.8. The van der Waals surface area contributed by atoms with Gasteiger partial charge < -0.3 is 52.2 Å². The fourth-order valence-electron chi connectivity index (χ4n) is 6.19. The van der Waals surface area contributed by atoms with Gasteiger partial charge in [0.2, 0.25) is 23.6 Å². The molecule has 65 heavy (non-hydrogen) atoms. The van der Waals surface area contributed by atoms with E-state index in [0.717, 1.165) is 35.5 Å². The SMILES string of the molecule is CC(=O)N(CC[C@H](N)C(=O)NCCC(=O)NCCNC(=O)C(CC(=O)O)SC[C@H](N)C(=O)O)[C@@H](c1cc(-c2cc(F)ccc2F)cn1Cc1ccccc1)C(C)(C)C.O=C(O)C(F)(F)F. The van der Waals surface area contributed by atoms with Gasteiger partial charge in [-0.05, 0) is 41.7 Å². The molecular weight excluding hydrogens is 890 g/mol. The van der Waals surface area contributed by atoms with Crippen LogP contribution in [0.4, 0.5) is 22.0 Å². The Bertz CT molecular complexity index is 2120. The fourth-order valence-corrected chi connectivity index (χ4v) is 7.26. The van der Waals surface area contributed by atoms with E-state index < -0.39 is 88.7 Å². The van der Waals surface area contributed by atoms with E-state index in [9.17, 15) is 46.3 Å². The van der Waals surface area contributed by atoms with Gasteiger partial charge in [0, 0.05) is 74.8 Å². The molecule has 1 unspecified atom stereocenters. The number of carbonyl (C=O) groups excluding carboxylic acids is 4. The number of hydrogen-bond acceptors (Lipinski definition) is 10. The van der Waals surface area contributed by atoms with E-state index in [-0.39, 0.29) is 56.2 Å². The fraction of sp³-hybridized carbons (Fsp3) is 0.452. The Balaban J connectivity index is 0.00000191. The zero-order valence-corrected chi connectivity index (χ0v) is 36.8. The molecule has 0 saturated heterocycles. The lowest BCUT2D eigenvalue weighted by Crippen LogP contribution is -2.46. The molecule has 0 aliphatic rings. The number of carboxylic acid groups (broad SMARTS) is 3. The predicted octanol–water partition coefficient (Wildman–Crippen LogP) is 3.50. The van der Waals surface area contributed by atoms with Crippen molar-refractivity contribution in [3.63, 3.8) is 0 Å². The van der Waals surface area contributed by atoms with Gasteiger partial charge in [0.15, 0.2) is 0 Å². The molecule has 10 N–H and O–H groups in total. The van der Waals surface area contributed by atoms with Crippen LogP contribution < -0.4 is 27.4 Å². The molecule has 4 amide bonds. The summed E-state index contributed by atoms with van der Waals surface area (Å²) in [6, 6.07) is 11.7. The molecule has 0 bridgehead atoms. The first-order valence-electron chi connectivity index (χ1n) is 19.9. The molecular formula is C42H54F5N7O10S. The Morgan fingerprint density at radius 1 is 0.831 bits per heavy atom. The molecule has 4 atom stereocenters. The normalized spacial score (nSPS) is 13.2. The molecule has 3 rings (SSSR count). The van der Waals surface area contributed by atoms with Crippen LogP contribution in [0.25, 0.3) is 11.1 Å². The van der Waals surface area contributed by atoms with Crippen molar-refractivity contribution in [2.24, 2.45) is 16.9 Å². The number of carboxylic acids is 3. The summed E-state index contributed by atoms with van der Waals surface area (Å²) in [4.78, 5) is 83.8. The Kier molecular flexibility index (Phi) is 21.5. The predicted molar refractivity (Wildman–Crippen MR) is 229 cm³/mol. The van der Waals surface area contributed by atoms with Crippen LogP contribution in [-0.4, -0.2) is 122 Å². The highest BCUT2D eigenvalue weighted by atomic mass is 32.2. The van der Waals surface area contributed by atoms with Crippen LogP contribution in [0.2, 0.25) is 0 Å². The first-order valence-corrected chi connectivity index (χ1v) is 20.9. The third-order valence-electron chi connectivity index (χ3n) is 9.29. The maximum atomic E-state index is 15.0. The molecule has 0 saturated carbocycles. The molecule has 0 aliphatic heterocycles. The molecule has 1 aromatic heterocycles.